The lowest BCUT2D eigenvalue weighted by molar-refractivity contribution is -0.274. The van der Waals surface area contributed by atoms with E-state index in [1.165, 1.54) is 11.4 Å². The van der Waals surface area contributed by atoms with Crippen LogP contribution in [0.5, 0.6) is 5.75 Å². The summed E-state index contributed by atoms with van der Waals surface area (Å²) in [6.45, 7) is 2.29. The first-order chi connectivity index (χ1) is 13.6. The number of sulfonamides is 1. The fourth-order valence-electron chi connectivity index (χ4n) is 2.88. The lowest BCUT2D eigenvalue weighted by Gasteiger charge is -2.30. The van der Waals surface area contributed by atoms with Crippen LogP contribution in [-0.4, -0.2) is 51.9 Å². The van der Waals surface area contributed by atoms with E-state index in [0.717, 1.165) is 24.3 Å². The fourth-order valence-corrected chi connectivity index (χ4v) is 4.35. The van der Waals surface area contributed by atoms with E-state index in [4.69, 9.17) is 9.47 Å². The van der Waals surface area contributed by atoms with Crippen LogP contribution in [0.4, 0.5) is 13.2 Å². The number of carbonyl (C=O) groups is 1. The van der Waals surface area contributed by atoms with Crippen molar-refractivity contribution in [1.29, 1.82) is 0 Å². The standard InChI is InChI=1S/C18H22F3NO6S/c1-3-27-17(23)16(26-2)12-13-8-10-22(11-9-13)29(24,25)15-6-4-14(5-7-15)28-18(19,20)21/h4-7,12-13H,3,8-11H2,1-2H3. The third kappa shape index (κ3) is 6.36. The summed E-state index contributed by atoms with van der Waals surface area (Å²) < 4.78 is 77.0. The quantitative estimate of drug-likeness (QED) is 0.371. The number of allylic oxidation sites excluding steroid dienone is 1. The van der Waals surface area contributed by atoms with Crippen molar-refractivity contribution in [2.24, 2.45) is 5.92 Å². The van der Waals surface area contributed by atoms with E-state index in [2.05, 4.69) is 4.74 Å². The highest BCUT2D eigenvalue weighted by Crippen LogP contribution is 2.28. The molecule has 11 heteroatoms. The molecule has 0 aliphatic carbocycles. The van der Waals surface area contributed by atoms with Crippen LogP contribution >= 0.6 is 0 Å². The highest BCUT2D eigenvalue weighted by atomic mass is 32.2. The molecule has 0 radical (unpaired) electrons. The summed E-state index contributed by atoms with van der Waals surface area (Å²) in [4.78, 5) is 11.6. The van der Waals surface area contributed by atoms with Gasteiger partial charge in [0.2, 0.25) is 15.8 Å². The van der Waals surface area contributed by atoms with Crippen LogP contribution in [0.1, 0.15) is 19.8 Å². The van der Waals surface area contributed by atoms with Gasteiger partial charge in [0.1, 0.15) is 5.75 Å². The molecule has 2 rings (SSSR count). The van der Waals surface area contributed by atoms with Crippen molar-refractivity contribution in [3.63, 3.8) is 0 Å². The van der Waals surface area contributed by atoms with Crippen molar-refractivity contribution >= 4 is 16.0 Å². The number of hydrogen-bond acceptors (Lipinski definition) is 6. The molecule has 0 bridgehead atoms. The molecular formula is C18H22F3NO6S. The molecule has 0 aromatic heterocycles. The van der Waals surface area contributed by atoms with Gasteiger partial charge >= 0.3 is 12.3 Å². The number of alkyl halides is 3. The Kier molecular flexibility index (Phi) is 7.53. The first-order valence-corrected chi connectivity index (χ1v) is 10.3. The van der Waals surface area contributed by atoms with Gasteiger partial charge in [0.25, 0.3) is 0 Å². The number of nitrogens with zero attached hydrogens (tertiary/aromatic N) is 1. The molecular weight excluding hydrogens is 415 g/mol. The van der Waals surface area contributed by atoms with Gasteiger partial charge in [-0.2, -0.15) is 4.31 Å². The molecule has 162 valence electrons. The lowest BCUT2D eigenvalue weighted by atomic mass is 9.97. The normalized spacial score (nSPS) is 17.1. The molecule has 1 aromatic carbocycles. The van der Waals surface area contributed by atoms with Crippen molar-refractivity contribution in [2.45, 2.75) is 31.0 Å². The minimum absolute atomic E-state index is 0.0663. The molecule has 29 heavy (non-hydrogen) atoms. The van der Waals surface area contributed by atoms with Gasteiger partial charge in [-0.15, -0.1) is 13.2 Å². The zero-order valence-corrected chi connectivity index (χ0v) is 16.8. The van der Waals surface area contributed by atoms with Crippen molar-refractivity contribution in [2.75, 3.05) is 26.8 Å². The summed E-state index contributed by atoms with van der Waals surface area (Å²) in [6, 6.07) is 4.07. The number of esters is 1. The Bertz CT molecular complexity index is 828. The molecule has 0 unspecified atom stereocenters. The number of rotatable bonds is 7. The van der Waals surface area contributed by atoms with E-state index >= 15 is 0 Å². The minimum Gasteiger partial charge on any atom is -0.490 e. The first kappa shape index (κ1) is 23.0. The maximum absolute atomic E-state index is 12.7. The van der Waals surface area contributed by atoms with Crippen molar-refractivity contribution in [1.82, 2.24) is 4.31 Å². The van der Waals surface area contributed by atoms with Gasteiger partial charge in [0.15, 0.2) is 0 Å². The number of piperidine rings is 1. The van der Waals surface area contributed by atoms with E-state index in [0.29, 0.717) is 12.8 Å². The summed E-state index contributed by atoms with van der Waals surface area (Å²) in [7, 11) is -2.50. The van der Waals surface area contributed by atoms with Crippen LogP contribution in [0.15, 0.2) is 41.0 Å². The maximum Gasteiger partial charge on any atom is 0.573 e. The lowest BCUT2D eigenvalue weighted by Crippen LogP contribution is -2.38. The molecule has 1 aromatic rings. The average molecular weight is 437 g/mol. The van der Waals surface area contributed by atoms with E-state index in [1.807, 2.05) is 0 Å². The second-order valence-electron chi connectivity index (χ2n) is 6.22. The van der Waals surface area contributed by atoms with E-state index in [9.17, 15) is 26.4 Å². The Labute approximate surface area is 167 Å². The Morgan fingerprint density at radius 2 is 1.79 bits per heavy atom. The van der Waals surface area contributed by atoms with Crippen molar-refractivity contribution < 1.29 is 40.6 Å². The molecule has 7 nitrogen and oxygen atoms in total. The molecule has 0 spiro atoms. The number of benzene rings is 1. The molecule has 1 saturated heterocycles. The molecule has 1 fully saturated rings. The Morgan fingerprint density at radius 1 is 1.21 bits per heavy atom. The highest BCUT2D eigenvalue weighted by molar-refractivity contribution is 7.89. The summed E-state index contributed by atoms with van der Waals surface area (Å²) in [5.74, 6) is -1.06. The molecule has 0 saturated carbocycles. The fraction of sp³-hybridized carbons (Fsp3) is 0.500. The first-order valence-electron chi connectivity index (χ1n) is 8.85. The summed E-state index contributed by atoms with van der Waals surface area (Å²) >= 11 is 0. The largest absolute Gasteiger partial charge is 0.573 e. The molecule has 0 atom stereocenters. The van der Waals surface area contributed by atoms with Crippen LogP contribution < -0.4 is 4.74 Å². The van der Waals surface area contributed by atoms with Crippen LogP contribution in [-0.2, 0) is 24.3 Å². The van der Waals surface area contributed by atoms with Gasteiger partial charge in [-0.1, -0.05) is 0 Å². The number of methoxy groups -OCH3 is 1. The van der Waals surface area contributed by atoms with Crippen molar-refractivity contribution in [3.05, 3.63) is 36.1 Å². The predicted molar refractivity (Wildman–Crippen MR) is 96.3 cm³/mol. The van der Waals surface area contributed by atoms with Gasteiger partial charge < -0.3 is 14.2 Å². The third-order valence-corrected chi connectivity index (χ3v) is 6.19. The zero-order chi connectivity index (χ0) is 21.7. The van der Waals surface area contributed by atoms with Crippen molar-refractivity contribution in [3.8, 4) is 5.75 Å². The van der Waals surface area contributed by atoms with Gasteiger partial charge in [-0.25, -0.2) is 13.2 Å². The third-order valence-electron chi connectivity index (χ3n) is 4.28. The van der Waals surface area contributed by atoms with E-state index < -0.39 is 28.1 Å². The summed E-state index contributed by atoms with van der Waals surface area (Å²) in [5.41, 5.74) is 0. The number of carbonyl (C=O) groups excluding carboxylic acids is 1. The molecule has 1 aliphatic rings. The molecule has 1 aliphatic heterocycles. The molecule has 1 heterocycles. The number of ether oxygens (including phenoxy) is 3. The topological polar surface area (TPSA) is 82.1 Å². The van der Waals surface area contributed by atoms with Crippen LogP contribution in [0.2, 0.25) is 0 Å². The van der Waals surface area contributed by atoms with Crippen LogP contribution in [0.3, 0.4) is 0 Å². The van der Waals surface area contributed by atoms with Gasteiger partial charge in [-0.05, 0) is 56.0 Å². The summed E-state index contributed by atoms with van der Waals surface area (Å²) in [6.07, 6.45) is -2.30. The Morgan fingerprint density at radius 3 is 2.28 bits per heavy atom. The Balaban J connectivity index is 2.03. The summed E-state index contributed by atoms with van der Waals surface area (Å²) in [5, 5.41) is 0. The van der Waals surface area contributed by atoms with Crippen LogP contribution in [0, 0.1) is 5.92 Å². The highest BCUT2D eigenvalue weighted by Gasteiger charge is 2.32. The second kappa shape index (κ2) is 9.49. The average Bonchev–Trinajstić information content (AvgIpc) is 2.65. The Hall–Kier alpha value is -2.27. The second-order valence-corrected chi connectivity index (χ2v) is 8.15. The van der Waals surface area contributed by atoms with Crippen LogP contribution in [0.25, 0.3) is 0 Å². The number of halogens is 3. The predicted octanol–water partition coefficient (Wildman–Crippen LogP) is 3.08. The minimum atomic E-state index is -4.85. The van der Waals surface area contributed by atoms with Gasteiger partial charge in [0, 0.05) is 13.1 Å². The monoisotopic (exact) mass is 437 g/mol. The van der Waals surface area contributed by atoms with E-state index in [-0.39, 0.29) is 36.3 Å². The zero-order valence-electron chi connectivity index (χ0n) is 15.9. The molecule has 0 amide bonds. The smallest absolute Gasteiger partial charge is 0.490 e. The van der Waals surface area contributed by atoms with Gasteiger partial charge in [-0.3, -0.25) is 0 Å². The number of hydrogen-bond donors (Lipinski definition) is 0. The molecule has 0 N–H and O–H groups in total. The van der Waals surface area contributed by atoms with Gasteiger partial charge in [0.05, 0.1) is 18.6 Å². The maximum atomic E-state index is 12.7. The SMILES string of the molecule is CCOC(=O)C(=CC1CCN(S(=O)(=O)c2ccc(OC(F)(F)F)cc2)CC1)OC. The van der Waals surface area contributed by atoms with E-state index in [1.54, 1.807) is 13.0 Å².